The van der Waals surface area contributed by atoms with E-state index in [0.29, 0.717) is 25.3 Å². The van der Waals surface area contributed by atoms with Crippen molar-refractivity contribution in [1.82, 2.24) is 15.3 Å². The first-order valence-corrected chi connectivity index (χ1v) is 6.84. The van der Waals surface area contributed by atoms with Gasteiger partial charge in [-0.3, -0.25) is 4.98 Å². The van der Waals surface area contributed by atoms with Gasteiger partial charge in [0.2, 0.25) is 0 Å². The molecule has 20 heavy (non-hydrogen) atoms. The van der Waals surface area contributed by atoms with Crippen molar-refractivity contribution in [3.05, 3.63) is 18.1 Å². The number of anilines is 1. The fraction of sp³-hybridized carbons (Fsp3) is 0.692. The van der Waals surface area contributed by atoms with E-state index in [1.807, 2.05) is 6.92 Å². The molecule has 0 amide bonds. The smallest absolute Gasteiger partial charge is 0.355 e. The Bertz CT molecular complexity index is 419. The molecule has 1 aliphatic rings. The summed E-state index contributed by atoms with van der Waals surface area (Å²) in [4.78, 5) is 10.1. The van der Waals surface area contributed by atoms with Crippen molar-refractivity contribution in [1.29, 1.82) is 0 Å². The van der Waals surface area contributed by atoms with Gasteiger partial charge in [0.1, 0.15) is 5.82 Å². The minimum absolute atomic E-state index is 0.0231. The third-order valence-corrected chi connectivity index (χ3v) is 3.46. The second kappa shape index (κ2) is 6.39. The molecule has 1 aromatic heterocycles. The second-order valence-electron chi connectivity index (χ2n) is 4.97. The Morgan fingerprint density at radius 1 is 1.35 bits per heavy atom. The predicted octanol–water partition coefficient (Wildman–Crippen LogP) is 2.36. The molecular weight excluding hydrogens is 269 g/mol. The highest BCUT2D eigenvalue weighted by Gasteiger charge is 2.42. The van der Waals surface area contributed by atoms with Crippen LogP contribution in [0, 0.1) is 5.92 Å². The van der Waals surface area contributed by atoms with E-state index in [2.05, 4.69) is 15.3 Å². The Morgan fingerprint density at radius 2 is 2.15 bits per heavy atom. The second-order valence-corrected chi connectivity index (χ2v) is 4.97. The lowest BCUT2D eigenvalue weighted by Crippen LogP contribution is -2.42. The maximum Gasteiger partial charge on any atom is 0.393 e. The maximum atomic E-state index is 12.8. The highest BCUT2D eigenvalue weighted by Crippen LogP contribution is 2.34. The van der Waals surface area contributed by atoms with Gasteiger partial charge < -0.3 is 10.2 Å². The van der Waals surface area contributed by atoms with Crippen LogP contribution in [-0.2, 0) is 6.54 Å². The molecule has 0 saturated carbocycles. The number of rotatable bonds is 4. The molecule has 0 bridgehead atoms. The molecule has 0 radical (unpaired) electrons. The molecule has 112 valence electrons. The van der Waals surface area contributed by atoms with Crippen molar-refractivity contribution >= 4 is 5.82 Å². The van der Waals surface area contributed by atoms with Crippen molar-refractivity contribution in [3.8, 4) is 0 Å². The Morgan fingerprint density at radius 3 is 2.75 bits per heavy atom. The molecule has 1 saturated heterocycles. The van der Waals surface area contributed by atoms with Crippen molar-refractivity contribution in [2.45, 2.75) is 32.5 Å². The molecule has 2 heterocycles. The zero-order valence-electron chi connectivity index (χ0n) is 11.5. The third kappa shape index (κ3) is 3.82. The summed E-state index contributed by atoms with van der Waals surface area (Å²) in [5.41, 5.74) is 0.792. The Labute approximate surface area is 116 Å². The van der Waals surface area contributed by atoms with Crippen molar-refractivity contribution in [2.24, 2.45) is 5.92 Å². The van der Waals surface area contributed by atoms with Gasteiger partial charge in [-0.1, -0.05) is 6.92 Å². The number of nitrogens with one attached hydrogen (secondary N) is 1. The molecule has 1 aliphatic heterocycles. The molecule has 1 atom stereocenters. The van der Waals surface area contributed by atoms with Crippen LogP contribution in [-0.4, -0.2) is 35.8 Å². The molecule has 1 fully saturated rings. The standard InChI is InChI=1S/C13H19F3N4/c1-2-17-6-11-7-19-12(8-18-11)20-5-3-4-10(9-20)13(14,15)16/h7-8,10,17H,2-6,9H2,1H3. The van der Waals surface area contributed by atoms with Gasteiger partial charge in [0.15, 0.2) is 0 Å². The summed E-state index contributed by atoms with van der Waals surface area (Å²) >= 11 is 0. The zero-order chi connectivity index (χ0) is 14.6. The number of aromatic nitrogens is 2. The normalized spacial score (nSPS) is 20.2. The molecule has 1 N–H and O–H groups in total. The quantitative estimate of drug-likeness (QED) is 0.923. The van der Waals surface area contributed by atoms with E-state index in [-0.39, 0.29) is 13.0 Å². The Kier molecular flexibility index (Phi) is 4.80. The Hall–Kier alpha value is -1.37. The summed E-state index contributed by atoms with van der Waals surface area (Å²) < 4.78 is 38.3. The van der Waals surface area contributed by atoms with Gasteiger partial charge in [0, 0.05) is 19.6 Å². The van der Waals surface area contributed by atoms with Gasteiger partial charge in [-0.2, -0.15) is 13.2 Å². The highest BCUT2D eigenvalue weighted by molar-refractivity contribution is 5.36. The topological polar surface area (TPSA) is 41.1 Å². The van der Waals surface area contributed by atoms with E-state index in [1.54, 1.807) is 17.3 Å². The van der Waals surface area contributed by atoms with E-state index < -0.39 is 12.1 Å². The van der Waals surface area contributed by atoms with Crippen LogP contribution in [0.15, 0.2) is 12.4 Å². The average Bonchev–Trinajstić information content (AvgIpc) is 2.45. The monoisotopic (exact) mass is 288 g/mol. The number of halogens is 3. The van der Waals surface area contributed by atoms with E-state index >= 15 is 0 Å². The van der Waals surface area contributed by atoms with Gasteiger partial charge in [-0.05, 0) is 19.4 Å². The molecule has 7 heteroatoms. The van der Waals surface area contributed by atoms with Crippen LogP contribution in [0.25, 0.3) is 0 Å². The molecule has 1 aromatic rings. The minimum atomic E-state index is -4.13. The lowest BCUT2D eigenvalue weighted by atomic mass is 9.97. The van der Waals surface area contributed by atoms with Gasteiger partial charge in [0.25, 0.3) is 0 Å². The van der Waals surface area contributed by atoms with Crippen LogP contribution in [0.3, 0.4) is 0 Å². The molecule has 1 unspecified atom stereocenters. The first-order chi connectivity index (χ1) is 9.50. The van der Waals surface area contributed by atoms with Crippen LogP contribution in [0.5, 0.6) is 0 Å². The molecule has 0 spiro atoms. The average molecular weight is 288 g/mol. The summed E-state index contributed by atoms with van der Waals surface area (Å²) in [5, 5.41) is 3.13. The summed E-state index contributed by atoms with van der Waals surface area (Å²) in [6, 6.07) is 0. The summed E-state index contributed by atoms with van der Waals surface area (Å²) in [6.45, 7) is 4.03. The molecule has 4 nitrogen and oxygen atoms in total. The van der Waals surface area contributed by atoms with E-state index in [0.717, 1.165) is 12.2 Å². The maximum absolute atomic E-state index is 12.8. The molecule has 0 aliphatic carbocycles. The van der Waals surface area contributed by atoms with Crippen LogP contribution in [0.1, 0.15) is 25.5 Å². The summed E-state index contributed by atoms with van der Waals surface area (Å²) in [5.74, 6) is -0.737. The fourth-order valence-corrected chi connectivity index (χ4v) is 2.31. The number of hydrogen-bond acceptors (Lipinski definition) is 4. The summed E-state index contributed by atoms with van der Waals surface area (Å²) in [6.07, 6.45) is -0.214. The number of nitrogens with zero attached hydrogens (tertiary/aromatic N) is 3. The first-order valence-electron chi connectivity index (χ1n) is 6.84. The van der Waals surface area contributed by atoms with E-state index in [9.17, 15) is 13.2 Å². The molecular formula is C13H19F3N4. The number of piperidine rings is 1. The lowest BCUT2D eigenvalue weighted by Gasteiger charge is -2.34. The van der Waals surface area contributed by atoms with Crippen molar-refractivity contribution < 1.29 is 13.2 Å². The fourth-order valence-electron chi connectivity index (χ4n) is 2.31. The van der Waals surface area contributed by atoms with Crippen LogP contribution < -0.4 is 10.2 Å². The molecule has 0 aromatic carbocycles. The van der Waals surface area contributed by atoms with Crippen LogP contribution in [0.4, 0.5) is 19.0 Å². The van der Waals surface area contributed by atoms with E-state index in [1.165, 1.54) is 0 Å². The minimum Gasteiger partial charge on any atom is -0.355 e. The van der Waals surface area contributed by atoms with Crippen LogP contribution in [0.2, 0.25) is 0 Å². The number of hydrogen-bond donors (Lipinski definition) is 1. The Balaban J connectivity index is 2.00. The van der Waals surface area contributed by atoms with E-state index in [4.69, 9.17) is 0 Å². The first kappa shape index (κ1) is 15.0. The molecule has 2 rings (SSSR count). The van der Waals surface area contributed by atoms with Crippen molar-refractivity contribution in [3.63, 3.8) is 0 Å². The summed E-state index contributed by atoms with van der Waals surface area (Å²) in [7, 11) is 0. The van der Waals surface area contributed by atoms with Gasteiger partial charge >= 0.3 is 6.18 Å². The third-order valence-electron chi connectivity index (χ3n) is 3.46. The van der Waals surface area contributed by atoms with Crippen LogP contribution >= 0.6 is 0 Å². The lowest BCUT2D eigenvalue weighted by molar-refractivity contribution is -0.176. The zero-order valence-corrected chi connectivity index (χ0v) is 11.5. The number of alkyl halides is 3. The van der Waals surface area contributed by atoms with Gasteiger partial charge in [-0.25, -0.2) is 4.98 Å². The van der Waals surface area contributed by atoms with Gasteiger partial charge in [-0.15, -0.1) is 0 Å². The van der Waals surface area contributed by atoms with Crippen molar-refractivity contribution in [2.75, 3.05) is 24.5 Å². The largest absolute Gasteiger partial charge is 0.393 e. The SMILES string of the molecule is CCNCc1cnc(N2CCCC(C(F)(F)F)C2)cn1. The predicted molar refractivity (Wildman–Crippen MR) is 70.4 cm³/mol. The van der Waals surface area contributed by atoms with Gasteiger partial charge in [0.05, 0.1) is 24.0 Å². The highest BCUT2D eigenvalue weighted by atomic mass is 19.4.